The minimum atomic E-state index is -2.89. The van der Waals surface area contributed by atoms with Crippen molar-refractivity contribution in [3.63, 3.8) is 0 Å². The van der Waals surface area contributed by atoms with Crippen molar-refractivity contribution in [3.8, 4) is 11.5 Å². The molecule has 2 aromatic carbocycles. The molecule has 2 amide bonds. The molecule has 0 spiro atoms. The molecular weight excluding hydrogens is 346 g/mol. The second kappa shape index (κ2) is 7.38. The van der Waals surface area contributed by atoms with Crippen molar-refractivity contribution in [3.05, 3.63) is 48.0 Å². The molecule has 1 aliphatic rings. The van der Waals surface area contributed by atoms with E-state index in [0.717, 1.165) is 0 Å². The Bertz CT molecular complexity index is 824. The summed E-state index contributed by atoms with van der Waals surface area (Å²) in [5, 5.41) is 5.42. The zero-order valence-electron chi connectivity index (χ0n) is 13.8. The Morgan fingerprint density at radius 2 is 2.00 bits per heavy atom. The second-order valence-electron chi connectivity index (χ2n) is 5.71. The average Bonchev–Trinajstić information content (AvgIpc) is 2.57. The number of anilines is 2. The highest BCUT2D eigenvalue weighted by Gasteiger charge is 2.23. The molecule has 0 fully saturated rings. The van der Waals surface area contributed by atoms with Gasteiger partial charge in [-0.15, -0.1) is 0 Å². The van der Waals surface area contributed by atoms with Crippen LogP contribution in [0.4, 0.5) is 20.2 Å². The van der Waals surface area contributed by atoms with Crippen LogP contribution < -0.4 is 20.1 Å². The topological polar surface area (TPSA) is 76.7 Å². The lowest BCUT2D eigenvalue weighted by molar-refractivity contribution is -0.122. The predicted molar refractivity (Wildman–Crippen MR) is 90.6 cm³/mol. The third-order valence-corrected chi connectivity index (χ3v) is 3.71. The number of hydrogen-bond donors (Lipinski definition) is 2. The number of alkyl halides is 2. The van der Waals surface area contributed by atoms with Crippen molar-refractivity contribution in [1.82, 2.24) is 0 Å². The van der Waals surface area contributed by atoms with Crippen molar-refractivity contribution in [2.75, 3.05) is 10.6 Å². The van der Waals surface area contributed by atoms with E-state index >= 15 is 0 Å². The molecule has 0 aliphatic carbocycles. The average molecular weight is 362 g/mol. The van der Waals surface area contributed by atoms with Crippen molar-refractivity contribution in [2.24, 2.45) is 0 Å². The van der Waals surface area contributed by atoms with E-state index in [4.69, 9.17) is 4.74 Å². The number of carbonyl (C=O) groups is 2. The molecule has 1 atom stereocenters. The van der Waals surface area contributed by atoms with Gasteiger partial charge in [0, 0.05) is 5.69 Å². The minimum absolute atomic E-state index is 0.0313. The number of nitrogens with one attached hydrogen (secondary N) is 2. The van der Waals surface area contributed by atoms with Crippen molar-refractivity contribution < 1.29 is 27.8 Å². The van der Waals surface area contributed by atoms with E-state index < -0.39 is 12.7 Å². The molecule has 3 rings (SSSR count). The zero-order valence-corrected chi connectivity index (χ0v) is 13.8. The molecule has 136 valence electrons. The number of ether oxygens (including phenoxy) is 2. The SMILES string of the molecule is CC1Oc2ccc(NC(=O)Cc3ccc(OC(F)F)cc3)cc2NC1=O. The van der Waals surface area contributed by atoms with Crippen LogP contribution in [0.5, 0.6) is 11.5 Å². The summed E-state index contributed by atoms with van der Waals surface area (Å²) in [7, 11) is 0. The summed E-state index contributed by atoms with van der Waals surface area (Å²) in [5.41, 5.74) is 1.64. The smallest absolute Gasteiger partial charge is 0.387 e. The van der Waals surface area contributed by atoms with E-state index in [1.54, 1.807) is 37.3 Å². The lowest BCUT2D eigenvalue weighted by Crippen LogP contribution is -2.34. The Kier molecular flexibility index (Phi) is 5.01. The lowest BCUT2D eigenvalue weighted by Gasteiger charge is -2.23. The molecule has 6 nitrogen and oxygen atoms in total. The fourth-order valence-electron chi connectivity index (χ4n) is 2.47. The van der Waals surface area contributed by atoms with Crippen molar-refractivity contribution >= 4 is 23.2 Å². The fourth-order valence-corrected chi connectivity index (χ4v) is 2.47. The van der Waals surface area contributed by atoms with Gasteiger partial charge in [0.25, 0.3) is 5.91 Å². The lowest BCUT2D eigenvalue weighted by atomic mass is 10.1. The standard InChI is InChI=1S/C18H16F2N2O4/c1-10-17(24)22-14-9-12(4-7-15(14)25-10)21-16(23)8-11-2-5-13(6-3-11)26-18(19)20/h2-7,9-10,18H,8H2,1H3,(H,21,23)(H,22,24). The maximum atomic E-state index is 12.1. The zero-order chi connectivity index (χ0) is 18.7. The number of amides is 2. The second-order valence-corrected chi connectivity index (χ2v) is 5.71. The van der Waals surface area contributed by atoms with Crippen LogP contribution in [0, 0.1) is 0 Å². The molecule has 0 aromatic heterocycles. The van der Waals surface area contributed by atoms with Crippen LogP contribution in [0.3, 0.4) is 0 Å². The van der Waals surface area contributed by atoms with Gasteiger partial charge in [0.05, 0.1) is 12.1 Å². The first kappa shape index (κ1) is 17.7. The molecular formula is C18H16F2N2O4. The number of rotatable bonds is 5. The van der Waals surface area contributed by atoms with Gasteiger partial charge < -0.3 is 20.1 Å². The summed E-state index contributed by atoms with van der Waals surface area (Å²) in [5.74, 6) is 0.0181. The van der Waals surface area contributed by atoms with Crippen LogP contribution in [0.15, 0.2) is 42.5 Å². The number of fused-ring (bicyclic) bond motifs is 1. The van der Waals surface area contributed by atoms with Crippen LogP contribution in [0.25, 0.3) is 0 Å². The van der Waals surface area contributed by atoms with Gasteiger partial charge in [0.2, 0.25) is 5.91 Å². The van der Waals surface area contributed by atoms with Crippen LogP contribution in [-0.4, -0.2) is 24.5 Å². The Morgan fingerprint density at radius 1 is 1.27 bits per heavy atom. The molecule has 0 bridgehead atoms. The van der Waals surface area contributed by atoms with E-state index in [0.29, 0.717) is 22.7 Å². The van der Waals surface area contributed by atoms with E-state index in [1.807, 2.05) is 0 Å². The largest absolute Gasteiger partial charge is 0.479 e. The van der Waals surface area contributed by atoms with Gasteiger partial charge >= 0.3 is 6.61 Å². The van der Waals surface area contributed by atoms with Crippen molar-refractivity contribution in [1.29, 1.82) is 0 Å². The molecule has 1 unspecified atom stereocenters. The molecule has 1 heterocycles. The van der Waals surface area contributed by atoms with E-state index in [1.165, 1.54) is 12.1 Å². The molecule has 0 radical (unpaired) electrons. The highest BCUT2D eigenvalue weighted by atomic mass is 19.3. The fraction of sp³-hybridized carbons (Fsp3) is 0.222. The normalized spacial score (nSPS) is 15.7. The molecule has 26 heavy (non-hydrogen) atoms. The first-order valence-electron chi connectivity index (χ1n) is 7.86. The number of hydrogen-bond acceptors (Lipinski definition) is 4. The highest BCUT2D eigenvalue weighted by Crippen LogP contribution is 2.32. The summed E-state index contributed by atoms with van der Waals surface area (Å²) < 4.78 is 33.9. The van der Waals surface area contributed by atoms with Gasteiger partial charge in [0.1, 0.15) is 11.5 Å². The minimum Gasteiger partial charge on any atom is -0.479 e. The van der Waals surface area contributed by atoms with Crippen LogP contribution >= 0.6 is 0 Å². The predicted octanol–water partition coefficient (Wildman–Crippen LogP) is 3.19. The number of halogens is 2. The monoisotopic (exact) mass is 362 g/mol. The number of benzene rings is 2. The molecule has 8 heteroatoms. The molecule has 2 aromatic rings. The summed E-state index contributed by atoms with van der Waals surface area (Å²) in [6.45, 7) is -1.24. The van der Waals surface area contributed by atoms with Gasteiger partial charge in [-0.1, -0.05) is 12.1 Å². The van der Waals surface area contributed by atoms with E-state index in [-0.39, 0.29) is 24.0 Å². The third-order valence-electron chi connectivity index (χ3n) is 3.71. The highest BCUT2D eigenvalue weighted by molar-refractivity contribution is 5.99. The van der Waals surface area contributed by atoms with E-state index in [9.17, 15) is 18.4 Å². The van der Waals surface area contributed by atoms with Gasteiger partial charge in [-0.25, -0.2) is 0 Å². The maximum Gasteiger partial charge on any atom is 0.387 e. The quantitative estimate of drug-likeness (QED) is 0.856. The summed E-state index contributed by atoms with van der Waals surface area (Å²) >= 11 is 0. The molecule has 0 saturated heterocycles. The van der Waals surface area contributed by atoms with Gasteiger partial charge in [-0.05, 0) is 42.8 Å². The summed E-state index contributed by atoms with van der Waals surface area (Å²) in [4.78, 5) is 23.8. The van der Waals surface area contributed by atoms with E-state index in [2.05, 4.69) is 15.4 Å². The Labute approximate surface area is 148 Å². The summed E-state index contributed by atoms with van der Waals surface area (Å²) in [6.07, 6.45) is -0.508. The Balaban J connectivity index is 1.62. The first-order chi connectivity index (χ1) is 12.4. The maximum absolute atomic E-state index is 12.1. The van der Waals surface area contributed by atoms with Crippen LogP contribution in [-0.2, 0) is 16.0 Å². The Morgan fingerprint density at radius 3 is 2.69 bits per heavy atom. The number of carbonyl (C=O) groups excluding carboxylic acids is 2. The summed E-state index contributed by atoms with van der Waals surface area (Å²) in [6, 6.07) is 10.8. The van der Waals surface area contributed by atoms with Crippen LogP contribution in [0.1, 0.15) is 12.5 Å². The van der Waals surface area contributed by atoms with Gasteiger partial charge in [-0.3, -0.25) is 9.59 Å². The van der Waals surface area contributed by atoms with Crippen LogP contribution in [0.2, 0.25) is 0 Å². The van der Waals surface area contributed by atoms with Crippen molar-refractivity contribution in [2.45, 2.75) is 26.1 Å². The third kappa shape index (κ3) is 4.27. The molecule has 1 aliphatic heterocycles. The molecule has 0 saturated carbocycles. The van der Waals surface area contributed by atoms with Gasteiger partial charge in [-0.2, -0.15) is 8.78 Å². The Hall–Kier alpha value is -3.16. The first-order valence-corrected chi connectivity index (χ1v) is 7.86. The van der Waals surface area contributed by atoms with Gasteiger partial charge in [0.15, 0.2) is 6.10 Å². The molecule has 2 N–H and O–H groups in total.